The van der Waals surface area contributed by atoms with Crippen molar-refractivity contribution in [3.63, 3.8) is 0 Å². The predicted octanol–water partition coefficient (Wildman–Crippen LogP) is 2.08. The number of carbonyl (C=O) groups is 1. The molecule has 0 aliphatic carbocycles. The van der Waals surface area contributed by atoms with Gasteiger partial charge in [-0.1, -0.05) is 6.42 Å². The SMILES string of the molecule is C[C@@H](NC(=O)OC(C)(C)C)[C@@H]1CCCCN1Cc1ncnn1C. The summed E-state index contributed by atoms with van der Waals surface area (Å²) in [7, 11) is 1.91. The van der Waals surface area contributed by atoms with Crippen LogP contribution in [0, 0.1) is 0 Å². The Hall–Kier alpha value is -1.63. The van der Waals surface area contributed by atoms with Crippen LogP contribution >= 0.6 is 0 Å². The minimum atomic E-state index is -0.477. The summed E-state index contributed by atoms with van der Waals surface area (Å²) in [5.74, 6) is 0.946. The molecule has 1 fully saturated rings. The van der Waals surface area contributed by atoms with Gasteiger partial charge in [0.25, 0.3) is 0 Å². The highest BCUT2D eigenvalue weighted by Crippen LogP contribution is 2.22. The molecule has 1 aromatic heterocycles. The van der Waals surface area contributed by atoms with Crippen molar-refractivity contribution < 1.29 is 9.53 Å². The summed E-state index contributed by atoms with van der Waals surface area (Å²) in [5, 5.41) is 7.11. The van der Waals surface area contributed by atoms with Crippen molar-refractivity contribution in [1.82, 2.24) is 25.0 Å². The van der Waals surface area contributed by atoms with Gasteiger partial charge in [0.2, 0.25) is 0 Å². The summed E-state index contributed by atoms with van der Waals surface area (Å²) < 4.78 is 7.17. The van der Waals surface area contributed by atoms with Gasteiger partial charge in [-0.05, 0) is 47.1 Å². The van der Waals surface area contributed by atoms with Gasteiger partial charge in [-0.15, -0.1) is 0 Å². The number of aromatic nitrogens is 3. The lowest BCUT2D eigenvalue weighted by molar-refractivity contribution is 0.0433. The van der Waals surface area contributed by atoms with Gasteiger partial charge in [-0.25, -0.2) is 9.78 Å². The van der Waals surface area contributed by atoms with Gasteiger partial charge in [-0.2, -0.15) is 5.10 Å². The fourth-order valence-electron chi connectivity index (χ4n) is 3.01. The van der Waals surface area contributed by atoms with Crippen molar-refractivity contribution in [2.75, 3.05) is 6.54 Å². The third-order valence-electron chi connectivity index (χ3n) is 4.14. The molecule has 2 heterocycles. The number of likely N-dealkylation sites (tertiary alicyclic amines) is 1. The van der Waals surface area contributed by atoms with Gasteiger partial charge in [0, 0.05) is 19.1 Å². The van der Waals surface area contributed by atoms with Crippen LogP contribution < -0.4 is 5.32 Å². The number of carbonyl (C=O) groups excluding carboxylic acids is 1. The van der Waals surface area contributed by atoms with E-state index in [0.717, 1.165) is 25.3 Å². The van der Waals surface area contributed by atoms with Crippen LogP contribution in [0.25, 0.3) is 0 Å². The number of amides is 1. The highest BCUT2D eigenvalue weighted by atomic mass is 16.6. The third kappa shape index (κ3) is 5.20. The van der Waals surface area contributed by atoms with Crippen LogP contribution in [-0.2, 0) is 18.3 Å². The minimum absolute atomic E-state index is 0.0263. The number of hydrogen-bond donors (Lipinski definition) is 1. The molecule has 0 unspecified atom stereocenters. The summed E-state index contributed by atoms with van der Waals surface area (Å²) in [4.78, 5) is 18.7. The molecular formula is C16H29N5O2. The van der Waals surface area contributed by atoms with Gasteiger partial charge < -0.3 is 10.1 Å². The number of alkyl carbamates (subject to hydrolysis) is 1. The third-order valence-corrected chi connectivity index (χ3v) is 4.14. The largest absolute Gasteiger partial charge is 0.444 e. The van der Waals surface area contributed by atoms with Crippen molar-refractivity contribution >= 4 is 6.09 Å². The maximum atomic E-state index is 12.0. The van der Waals surface area contributed by atoms with E-state index in [2.05, 4.69) is 20.3 Å². The Bertz CT molecular complexity index is 523. The van der Waals surface area contributed by atoms with Crippen LogP contribution in [-0.4, -0.2) is 50.0 Å². The van der Waals surface area contributed by atoms with Crippen LogP contribution in [0.5, 0.6) is 0 Å². The van der Waals surface area contributed by atoms with Crippen LogP contribution in [0.1, 0.15) is 52.8 Å². The molecule has 0 spiro atoms. The number of aryl methyl sites for hydroxylation is 1. The molecule has 1 aromatic rings. The standard InChI is InChI=1S/C16H29N5O2/c1-12(19-15(22)23-16(2,3)4)13-8-6-7-9-21(13)10-14-17-11-18-20(14)5/h11-13H,6-10H2,1-5H3,(H,19,22)/t12-,13+/m1/s1. The molecule has 2 rings (SSSR count). The highest BCUT2D eigenvalue weighted by molar-refractivity contribution is 5.68. The average molecular weight is 323 g/mol. The van der Waals surface area contributed by atoms with Crippen LogP contribution in [0.3, 0.4) is 0 Å². The Balaban J connectivity index is 1.97. The minimum Gasteiger partial charge on any atom is -0.444 e. The molecule has 1 saturated heterocycles. The summed E-state index contributed by atoms with van der Waals surface area (Å²) in [6, 6.07) is 0.311. The fraction of sp³-hybridized carbons (Fsp3) is 0.812. The lowest BCUT2D eigenvalue weighted by atomic mass is 9.96. The normalized spacial score (nSPS) is 21.0. The van der Waals surface area contributed by atoms with Crippen molar-refractivity contribution in [2.24, 2.45) is 7.05 Å². The number of nitrogens with zero attached hydrogens (tertiary/aromatic N) is 4. The molecule has 1 aliphatic rings. The Labute approximate surface area is 138 Å². The Kier molecular flexibility index (Phi) is 5.62. The summed E-state index contributed by atoms with van der Waals surface area (Å²) in [6.07, 6.45) is 4.65. The molecule has 0 saturated carbocycles. The number of ether oxygens (including phenoxy) is 1. The topological polar surface area (TPSA) is 72.3 Å². The molecule has 7 heteroatoms. The van der Waals surface area contributed by atoms with Crippen molar-refractivity contribution in [3.05, 3.63) is 12.2 Å². The monoisotopic (exact) mass is 323 g/mol. The van der Waals surface area contributed by atoms with Gasteiger partial charge in [-0.3, -0.25) is 9.58 Å². The average Bonchev–Trinajstić information content (AvgIpc) is 2.82. The molecule has 0 radical (unpaired) electrons. The molecule has 0 bridgehead atoms. The lowest BCUT2D eigenvalue weighted by Crippen LogP contribution is -2.52. The smallest absolute Gasteiger partial charge is 0.407 e. The second-order valence-corrected chi connectivity index (χ2v) is 7.27. The summed E-state index contributed by atoms with van der Waals surface area (Å²) in [5.41, 5.74) is -0.477. The first kappa shape index (κ1) is 17.7. The second kappa shape index (κ2) is 7.29. The number of nitrogens with one attached hydrogen (secondary N) is 1. The van der Waals surface area contributed by atoms with Crippen molar-refractivity contribution in [3.8, 4) is 0 Å². The number of hydrogen-bond acceptors (Lipinski definition) is 5. The zero-order valence-electron chi connectivity index (χ0n) is 14.9. The fourth-order valence-corrected chi connectivity index (χ4v) is 3.01. The van der Waals surface area contributed by atoms with Gasteiger partial charge >= 0.3 is 6.09 Å². The van der Waals surface area contributed by atoms with E-state index in [-0.39, 0.29) is 18.2 Å². The molecule has 7 nitrogen and oxygen atoms in total. The van der Waals surface area contributed by atoms with Gasteiger partial charge in [0.15, 0.2) is 0 Å². The van der Waals surface area contributed by atoms with E-state index in [1.54, 1.807) is 11.0 Å². The van der Waals surface area contributed by atoms with E-state index < -0.39 is 5.60 Å². The molecule has 2 atom stereocenters. The maximum absolute atomic E-state index is 12.0. The number of rotatable bonds is 4. The van der Waals surface area contributed by atoms with Crippen molar-refractivity contribution in [2.45, 2.75) is 71.2 Å². The van der Waals surface area contributed by atoms with Gasteiger partial charge in [0.1, 0.15) is 17.8 Å². The predicted molar refractivity (Wildman–Crippen MR) is 87.9 cm³/mol. The Morgan fingerprint density at radius 3 is 2.83 bits per heavy atom. The molecule has 1 aliphatic heterocycles. The lowest BCUT2D eigenvalue weighted by Gasteiger charge is -2.39. The first-order valence-corrected chi connectivity index (χ1v) is 8.33. The van der Waals surface area contributed by atoms with E-state index in [1.165, 1.54) is 12.8 Å². The van der Waals surface area contributed by atoms with Crippen LogP contribution in [0.2, 0.25) is 0 Å². The second-order valence-electron chi connectivity index (χ2n) is 7.27. The first-order chi connectivity index (χ1) is 10.8. The molecule has 1 amide bonds. The van der Waals surface area contributed by atoms with E-state index in [1.807, 2.05) is 34.7 Å². The first-order valence-electron chi connectivity index (χ1n) is 8.33. The zero-order valence-corrected chi connectivity index (χ0v) is 14.9. The van der Waals surface area contributed by atoms with E-state index in [4.69, 9.17) is 4.74 Å². The molecule has 130 valence electrons. The van der Waals surface area contributed by atoms with Crippen molar-refractivity contribution in [1.29, 1.82) is 0 Å². The van der Waals surface area contributed by atoms with E-state index in [9.17, 15) is 4.79 Å². The Morgan fingerprint density at radius 1 is 1.48 bits per heavy atom. The molecule has 23 heavy (non-hydrogen) atoms. The van der Waals surface area contributed by atoms with E-state index in [0.29, 0.717) is 0 Å². The van der Waals surface area contributed by atoms with Crippen LogP contribution in [0.15, 0.2) is 6.33 Å². The Morgan fingerprint density at radius 2 is 2.22 bits per heavy atom. The maximum Gasteiger partial charge on any atom is 0.407 e. The zero-order chi connectivity index (χ0) is 17.0. The van der Waals surface area contributed by atoms with Gasteiger partial charge in [0.05, 0.1) is 6.54 Å². The summed E-state index contributed by atoms with van der Waals surface area (Å²) in [6.45, 7) is 9.43. The highest BCUT2D eigenvalue weighted by Gasteiger charge is 2.30. The van der Waals surface area contributed by atoms with Crippen LogP contribution in [0.4, 0.5) is 4.79 Å². The number of piperidine rings is 1. The molecule has 0 aromatic carbocycles. The molecular weight excluding hydrogens is 294 g/mol. The van der Waals surface area contributed by atoms with E-state index >= 15 is 0 Å². The summed E-state index contributed by atoms with van der Waals surface area (Å²) >= 11 is 0. The quantitative estimate of drug-likeness (QED) is 0.918. The molecule has 1 N–H and O–H groups in total.